The van der Waals surface area contributed by atoms with Crippen LogP contribution in [0.3, 0.4) is 0 Å². The van der Waals surface area contributed by atoms with E-state index in [-0.39, 0.29) is 12.4 Å². The Labute approximate surface area is 119 Å². The molecule has 1 aromatic heterocycles. The molecule has 0 amide bonds. The average Bonchev–Trinajstić information content (AvgIpc) is 2.76. The lowest BCUT2D eigenvalue weighted by Crippen LogP contribution is -2.55. The summed E-state index contributed by atoms with van der Waals surface area (Å²) in [5, 5.41) is 7.71. The van der Waals surface area contributed by atoms with E-state index in [1.54, 1.807) is 0 Å². The van der Waals surface area contributed by atoms with Crippen molar-refractivity contribution in [2.24, 2.45) is 0 Å². The van der Waals surface area contributed by atoms with Crippen LogP contribution in [0.2, 0.25) is 0 Å². The molecule has 0 spiro atoms. The van der Waals surface area contributed by atoms with E-state index in [2.05, 4.69) is 40.7 Å². The van der Waals surface area contributed by atoms with Crippen LogP contribution in [0, 0.1) is 0 Å². The minimum Gasteiger partial charge on any atom is -0.314 e. The van der Waals surface area contributed by atoms with Gasteiger partial charge in [0.05, 0.1) is 11.9 Å². The fourth-order valence-corrected chi connectivity index (χ4v) is 2.17. The molecule has 1 aromatic carbocycles. The molecular formula is C14H19ClN4. The molecule has 0 aliphatic carbocycles. The Kier molecular flexibility index (Phi) is 4.58. The van der Waals surface area contributed by atoms with Gasteiger partial charge in [-0.1, -0.05) is 18.2 Å². The van der Waals surface area contributed by atoms with Crippen LogP contribution in [0.1, 0.15) is 5.56 Å². The van der Waals surface area contributed by atoms with Gasteiger partial charge in [-0.3, -0.25) is 4.90 Å². The minimum atomic E-state index is 0. The number of hydrogen-bond donors (Lipinski definition) is 1. The quantitative estimate of drug-likeness (QED) is 0.924. The van der Waals surface area contributed by atoms with Crippen LogP contribution in [-0.2, 0) is 6.54 Å². The first-order valence-electron chi connectivity index (χ1n) is 6.33. The van der Waals surface area contributed by atoms with Crippen LogP contribution in [0.4, 0.5) is 0 Å². The monoisotopic (exact) mass is 278 g/mol. The van der Waals surface area contributed by atoms with Crippen LogP contribution in [-0.4, -0.2) is 40.9 Å². The van der Waals surface area contributed by atoms with Gasteiger partial charge in [-0.05, 0) is 19.2 Å². The smallest absolute Gasteiger partial charge is 0.0645 e. The number of hydrogen-bond acceptors (Lipinski definition) is 3. The lowest BCUT2D eigenvalue weighted by Gasteiger charge is -2.35. The van der Waals surface area contributed by atoms with Crippen molar-refractivity contribution in [2.45, 2.75) is 12.6 Å². The molecule has 1 aliphatic heterocycles. The Bertz CT molecular complexity index is 507. The van der Waals surface area contributed by atoms with Crippen LogP contribution in [0.5, 0.6) is 0 Å². The van der Waals surface area contributed by atoms with E-state index in [1.165, 1.54) is 5.56 Å². The second kappa shape index (κ2) is 6.19. The number of nitrogens with one attached hydrogen (secondary N) is 1. The highest BCUT2D eigenvalue weighted by molar-refractivity contribution is 5.85. The van der Waals surface area contributed by atoms with Gasteiger partial charge in [-0.2, -0.15) is 5.10 Å². The van der Waals surface area contributed by atoms with E-state index in [4.69, 9.17) is 0 Å². The van der Waals surface area contributed by atoms with Crippen molar-refractivity contribution < 1.29 is 0 Å². The zero-order chi connectivity index (χ0) is 12.4. The summed E-state index contributed by atoms with van der Waals surface area (Å²) < 4.78 is 1.93. The summed E-state index contributed by atoms with van der Waals surface area (Å²) in [5.41, 5.74) is 2.37. The van der Waals surface area contributed by atoms with Gasteiger partial charge in [-0.25, -0.2) is 4.68 Å². The highest BCUT2D eigenvalue weighted by Gasteiger charge is 2.21. The second-order valence-corrected chi connectivity index (χ2v) is 4.86. The fourth-order valence-electron chi connectivity index (χ4n) is 2.17. The van der Waals surface area contributed by atoms with Gasteiger partial charge in [0.15, 0.2) is 0 Å². The topological polar surface area (TPSA) is 33.1 Å². The van der Waals surface area contributed by atoms with Gasteiger partial charge < -0.3 is 5.32 Å². The summed E-state index contributed by atoms with van der Waals surface area (Å²) in [4.78, 5) is 2.38. The molecule has 1 saturated heterocycles. The van der Waals surface area contributed by atoms with Crippen molar-refractivity contribution in [2.75, 3.05) is 20.1 Å². The van der Waals surface area contributed by atoms with Crippen LogP contribution >= 0.6 is 12.4 Å². The number of para-hydroxylation sites is 1. The first-order valence-corrected chi connectivity index (χ1v) is 6.33. The maximum Gasteiger partial charge on any atom is 0.0645 e. The summed E-state index contributed by atoms with van der Waals surface area (Å²) in [6.45, 7) is 3.16. The van der Waals surface area contributed by atoms with Gasteiger partial charge in [-0.15, -0.1) is 12.4 Å². The molecule has 5 heteroatoms. The highest BCUT2D eigenvalue weighted by Crippen LogP contribution is 2.11. The van der Waals surface area contributed by atoms with Gasteiger partial charge >= 0.3 is 0 Å². The van der Waals surface area contributed by atoms with E-state index in [0.29, 0.717) is 6.04 Å². The molecule has 1 fully saturated rings. The summed E-state index contributed by atoms with van der Waals surface area (Å²) in [5.74, 6) is 0. The summed E-state index contributed by atoms with van der Waals surface area (Å²) in [6, 6.07) is 10.9. The maximum absolute atomic E-state index is 4.42. The molecule has 1 aliphatic rings. The Hall–Kier alpha value is -1.36. The molecule has 0 bridgehead atoms. The van der Waals surface area contributed by atoms with Crippen LogP contribution in [0.15, 0.2) is 42.7 Å². The maximum atomic E-state index is 4.42. The van der Waals surface area contributed by atoms with E-state index in [0.717, 1.165) is 25.3 Å². The number of likely N-dealkylation sites (N-methyl/N-ethyl adjacent to an activating group) is 1. The Morgan fingerprint density at radius 1 is 1.32 bits per heavy atom. The average molecular weight is 279 g/mol. The predicted molar refractivity (Wildman–Crippen MR) is 78.9 cm³/mol. The number of aromatic nitrogens is 2. The zero-order valence-electron chi connectivity index (χ0n) is 11.0. The first-order chi connectivity index (χ1) is 8.83. The van der Waals surface area contributed by atoms with Crippen molar-refractivity contribution in [3.05, 3.63) is 48.3 Å². The molecule has 2 heterocycles. The van der Waals surface area contributed by atoms with Crippen molar-refractivity contribution >= 4 is 12.4 Å². The largest absolute Gasteiger partial charge is 0.314 e. The molecular weight excluding hydrogens is 260 g/mol. The van der Waals surface area contributed by atoms with Gasteiger partial charge in [0.1, 0.15) is 0 Å². The Balaban J connectivity index is 0.00000133. The van der Waals surface area contributed by atoms with E-state index in [9.17, 15) is 0 Å². The van der Waals surface area contributed by atoms with Gasteiger partial charge in [0, 0.05) is 37.4 Å². The van der Waals surface area contributed by atoms with E-state index >= 15 is 0 Å². The summed E-state index contributed by atoms with van der Waals surface area (Å²) in [7, 11) is 2.17. The van der Waals surface area contributed by atoms with Gasteiger partial charge in [0.2, 0.25) is 0 Å². The first kappa shape index (κ1) is 14.1. The van der Waals surface area contributed by atoms with E-state index in [1.807, 2.05) is 29.1 Å². The highest BCUT2D eigenvalue weighted by atomic mass is 35.5. The third kappa shape index (κ3) is 3.15. The zero-order valence-corrected chi connectivity index (χ0v) is 11.8. The Morgan fingerprint density at radius 3 is 2.68 bits per heavy atom. The van der Waals surface area contributed by atoms with E-state index < -0.39 is 0 Å². The summed E-state index contributed by atoms with van der Waals surface area (Å²) in [6.07, 6.45) is 4.06. The molecule has 4 nitrogen and oxygen atoms in total. The Morgan fingerprint density at radius 2 is 2.05 bits per heavy atom. The fraction of sp³-hybridized carbons (Fsp3) is 0.357. The normalized spacial score (nSPS) is 15.1. The van der Waals surface area contributed by atoms with Crippen molar-refractivity contribution in [1.82, 2.24) is 20.0 Å². The SMILES string of the molecule is CN(Cc1cnn(-c2ccccc2)c1)C1CNC1.Cl. The second-order valence-electron chi connectivity index (χ2n) is 4.86. The van der Waals surface area contributed by atoms with Crippen LogP contribution < -0.4 is 5.32 Å². The molecule has 0 atom stereocenters. The molecule has 102 valence electrons. The number of halogens is 1. The minimum absolute atomic E-state index is 0. The molecule has 2 aromatic rings. The molecule has 0 radical (unpaired) electrons. The lowest BCUT2D eigenvalue weighted by molar-refractivity contribution is 0.173. The number of nitrogens with zero attached hydrogens (tertiary/aromatic N) is 3. The molecule has 0 unspecified atom stereocenters. The van der Waals surface area contributed by atoms with Crippen LogP contribution in [0.25, 0.3) is 5.69 Å². The van der Waals surface area contributed by atoms with Crippen molar-refractivity contribution in [3.63, 3.8) is 0 Å². The molecule has 3 rings (SSSR count). The number of benzene rings is 1. The van der Waals surface area contributed by atoms with Crippen molar-refractivity contribution in [1.29, 1.82) is 0 Å². The summed E-state index contributed by atoms with van der Waals surface area (Å²) >= 11 is 0. The lowest BCUT2D eigenvalue weighted by atomic mass is 10.1. The van der Waals surface area contributed by atoms with Gasteiger partial charge in [0.25, 0.3) is 0 Å². The standard InChI is InChI=1S/C14H18N4.ClH/c1-17(14-8-15-9-14)10-12-7-16-18(11-12)13-5-3-2-4-6-13;/h2-7,11,14-15H,8-10H2,1H3;1H. The van der Waals surface area contributed by atoms with Crippen molar-refractivity contribution in [3.8, 4) is 5.69 Å². The molecule has 1 N–H and O–H groups in total. The molecule has 0 saturated carbocycles. The number of rotatable bonds is 4. The predicted octanol–water partition coefficient (Wildman–Crippen LogP) is 1.70. The molecule has 19 heavy (non-hydrogen) atoms. The third-order valence-corrected chi connectivity index (χ3v) is 3.47. The third-order valence-electron chi connectivity index (χ3n) is 3.47.